The van der Waals surface area contributed by atoms with Crippen LogP contribution < -0.4 is 11.3 Å². The molecule has 0 fully saturated rings. The van der Waals surface area contributed by atoms with Crippen LogP contribution in [0.25, 0.3) is 10.1 Å². The van der Waals surface area contributed by atoms with E-state index in [2.05, 4.69) is 42.0 Å². The summed E-state index contributed by atoms with van der Waals surface area (Å²) in [6, 6.07) is 8.63. The first-order valence-corrected chi connectivity index (χ1v) is 7.07. The maximum atomic E-state index is 5.74. The van der Waals surface area contributed by atoms with Crippen molar-refractivity contribution in [2.24, 2.45) is 11.8 Å². The molecular formula is C14H20N2OS. The molecule has 3 N–H and O–H groups in total. The molecule has 1 aromatic carbocycles. The second kappa shape index (κ2) is 6.29. The predicted octanol–water partition coefficient (Wildman–Crippen LogP) is 3.08. The van der Waals surface area contributed by atoms with E-state index in [1.807, 2.05) is 0 Å². The fraction of sp³-hybridized carbons (Fsp3) is 0.429. The number of methoxy groups -OCH3 is 1. The van der Waals surface area contributed by atoms with Crippen LogP contribution >= 0.6 is 11.3 Å². The van der Waals surface area contributed by atoms with Crippen molar-refractivity contribution in [3.63, 3.8) is 0 Å². The van der Waals surface area contributed by atoms with Crippen molar-refractivity contribution >= 4 is 21.4 Å². The summed E-state index contributed by atoms with van der Waals surface area (Å²) in [5.41, 5.74) is 4.25. The number of ether oxygens (including phenoxy) is 1. The molecule has 0 amide bonds. The quantitative estimate of drug-likeness (QED) is 0.622. The summed E-state index contributed by atoms with van der Waals surface area (Å²) in [5.74, 6) is 6.18. The number of benzene rings is 1. The van der Waals surface area contributed by atoms with Crippen LogP contribution in [0.2, 0.25) is 0 Å². The number of nitrogens with two attached hydrogens (primary N) is 1. The Kier molecular flexibility index (Phi) is 4.72. The third-order valence-corrected chi connectivity index (χ3v) is 4.35. The topological polar surface area (TPSA) is 47.3 Å². The number of rotatable bonds is 6. The van der Waals surface area contributed by atoms with Crippen molar-refractivity contribution in [1.29, 1.82) is 0 Å². The van der Waals surface area contributed by atoms with Gasteiger partial charge in [0.25, 0.3) is 0 Å². The van der Waals surface area contributed by atoms with E-state index in [0.717, 1.165) is 13.0 Å². The lowest BCUT2D eigenvalue weighted by Gasteiger charge is -2.23. The molecule has 2 rings (SSSR count). The largest absolute Gasteiger partial charge is 0.385 e. The molecule has 2 atom stereocenters. The third kappa shape index (κ3) is 2.72. The lowest BCUT2D eigenvalue weighted by molar-refractivity contribution is 0.170. The molecule has 2 unspecified atom stereocenters. The summed E-state index contributed by atoms with van der Waals surface area (Å²) in [5, 5.41) is 3.51. The van der Waals surface area contributed by atoms with Gasteiger partial charge in [0, 0.05) is 18.4 Å². The minimum atomic E-state index is 0.177. The Morgan fingerprint density at radius 2 is 2.17 bits per heavy atom. The van der Waals surface area contributed by atoms with Gasteiger partial charge in [-0.3, -0.25) is 11.3 Å². The van der Waals surface area contributed by atoms with Gasteiger partial charge in [0.1, 0.15) is 0 Å². The minimum absolute atomic E-state index is 0.177. The number of thiophene rings is 1. The number of fused-ring (bicyclic) bond motifs is 1. The van der Waals surface area contributed by atoms with E-state index in [1.165, 1.54) is 15.6 Å². The highest BCUT2D eigenvalue weighted by molar-refractivity contribution is 7.17. The SMILES string of the molecule is COCCC(C)C(NN)c1csc2ccccc12. The maximum absolute atomic E-state index is 5.74. The number of nitrogens with one attached hydrogen (secondary N) is 1. The summed E-state index contributed by atoms with van der Waals surface area (Å²) < 4.78 is 6.46. The van der Waals surface area contributed by atoms with E-state index < -0.39 is 0 Å². The van der Waals surface area contributed by atoms with Gasteiger partial charge >= 0.3 is 0 Å². The van der Waals surface area contributed by atoms with E-state index in [0.29, 0.717) is 5.92 Å². The second-order valence-corrected chi connectivity index (χ2v) is 5.50. The highest BCUT2D eigenvalue weighted by Crippen LogP contribution is 2.34. The molecule has 0 radical (unpaired) electrons. The second-order valence-electron chi connectivity index (χ2n) is 4.59. The molecule has 0 aliphatic rings. The van der Waals surface area contributed by atoms with Gasteiger partial charge in [-0.1, -0.05) is 25.1 Å². The van der Waals surface area contributed by atoms with Crippen molar-refractivity contribution in [3.8, 4) is 0 Å². The molecule has 1 heterocycles. The van der Waals surface area contributed by atoms with Crippen LogP contribution in [0.3, 0.4) is 0 Å². The normalized spacial score (nSPS) is 14.8. The fourth-order valence-electron chi connectivity index (χ4n) is 2.27. The smallest absolute Gasteiger partial charge is 0.0500 e. The predicted molar refractivity (Wildman–Crippen MR) is 77.5 cm³/mol. The molecule has 0 bridgehead atoms. The van der Waals surface area contributed by atoms with E-state index >= 15 is 0 Å². The molecule has 0 spiro atoms. The lowest BCUT2D eigenvalue weighted by Crippen LogP contribution is -2.32. The molecular weight excluding hydrogens is 244 g/mol. The zero-order chi connectivity index (χ0) is 13.0. The molecule has 0 saturated carbocycles. The van der Waals surface area contributed by atoms with Crippen LogP contribution in [0, 0.1) is 5.92 Å². The molecule has 3 nitrogen and oxygen atoms in total. The minimum Gasteiger partial charge on any atom is -0.385 e. The van der Waals surface area contributed by atoms with Gasteiger partial charge in [-0.2, -0.15) is 0 Å². The maximum Gasteiger partial charge on any atom is 0.0500 e. The van der Waals surface area contributed by atoms with E-state index in [-0.39, 0.29) is 6.04 Å². The number of hydrogen-bond acceptors (Lipinski definition) is 4. The Morgan fingerprint density at radius 1 is 1.39 bits per heavy atom. The molecule has 2 aromatic rings. The summed E-state index contributed by atoms with van der Waals surface area (Å²) in [6.07, 6.45) is 0.996. The Hall–Kier alpha value is -0.940. The first-order chi connectivity index (χ1) is 8.77. The lowest BCUT2D eigenvalue weighted by atomic mass is 9.92. The zero-order valence-electron chi connectivity index (χ0n) is 10.8. The number of hydrogen-bond donors (Lipinski definition) is 2. The monoisotopic (exact) mass is 264 g/mol. The van der Waals surface area contributed by atoms with Gasteiger partial charge in [-0.25, -0.2) is 0 Å². The summed E-state index contributed by atoms with van der Waals surface area (Å²) in [4.78, 5) is 0. The highest BCUT2D eigenvalue weighted by atomic mass is 32.1. The Bertz CT molecular complexity index is 497. The first-order valence-electron chi connectivity index (χ1n) is 6.19. The van der Waals surface area contributed by atoms with Crippen molar-refractivity contribution in [2.45, 2.75) is 19.4 Å². The molecule has 4 heteroatoms. The van der Waals surface area contributed by atoms with Crippen LogP contribution in [-0.4, -0.2) is 13.7 Å². The third-order valence-electron chi connectivity index (χ3n) is 3.37. The van der Waals surface area contributed by atoms with Crippen molar-refractivity contribution in [3.05, 3.63) is 35.2 Å². The molecule has 0 saturated heterocycles. The average molecular weight is 264 g/mol. The Labute approximate surface area is 112 Å². The van der Waals surface area contributed by atoms with Crippen LogP contribution in [0.5, 0.6) is 0 Å². The van der Waals surface area contributed by atoms with Crippen LogP contribution in [0.15, 0.2) is 29.6 Å². The standard InChI is InChI=1S/C14H20N2OS/c1-10(7-8-17-2)14(16-15)12-9-18-13-6-4-3-5-11(12)13/h3-6,9-10,14,16H,7-8,15H2,1-2H3. The van der Waals surface area contributed by atoms with Crippen LogP contribution in [-0.2, 0) is 4.74 Å². The molecule has 98 valence electrons. The van der Waals surface area contributed by atoms with E-state index in [1.54, 1.807) is 18.4 Å². The Balaban J connectivity index is 2.26. The highest BCUT2D eigenvalue weighted by Gasteiger charge is 2.20. The van der Waals surface area contributed by atoms with Crippen LogP contribution in [0.4, 0.5) is 0 Å². The number of hydrazine groups is 1. The average Bonchev–Trinajstić information content (AvgIpc) is 2.81. The molecule has 0 aliphatic heterocycles. The van der Waals surface area contributed by atoms with Gasteiger partial charge in [0.2, 0.25) is 0 Å². The van der Waals surface area contributed by atoms with Gasteiger partial charge in [-0.05, 0) is 34.7 Å². The summed E-state index contributed by atoms with van der Waals surface area (Å²) >= 11 is 1.77. The van der Waals surface area contributed by atoms with Gasteiger partial charge in [0.15, 0.2) is 0 Å². The van der Waals surface area contributed by atoms with Crippen molar-refractivity contribution in [1.82, 2.24) is 5.43 Å². The van der Waals surface area contributed by atoms with Crippen LogP contribution in [0.1, 0.15) is 24.9 Å². The van der Waals surface area contributed by atoms with Gasteiger partial charge in [-0.15, -0.1) is 11.3 Å². The zero-order valence-corrected chi connectivity index (χ0v) is 11.7. The first kappa shape index (κ1) is 13.5. The molecule has 0 aliphatic carbocycles. The summed E-state index contributed by atoms with van der Waals surface area (Å²) in [7, 11) is 1.73. The van der Waals surface area contributed by atoms with E-state index in [4.69, 9.17) is 10.6 Å². The van der Waals surface area contributed by atoms with E-state index in [9.17, 15) is 0 Å². The molecule has 1 aromatic heterocycles. The van der Waals surface area contributed by atoms with Gasteiger partial charge in [0.05, 0.1) is 6.04 Å². The molecule has 18 heavy (non-hydrogen) atoms. The van der Waals surface area contributed by atoms with Crippen molar-refractivity contribution in [2.75, 3.05) is 13.7 Å². The summed E-state index contributed by atoms with van der Waals surface area (Å²) in [6.45, 7) is 2.97. The van der Waals surface area contributed by atoms with Gasteiger partial charge < -0.3 is 4.74 Å². The Morgan fingerprint density at radius 3 is 2.89 bits per heavy atom. The fourth-order valence-corrected chi connectivity index (χ4v) is 3.27. The van der Waals surface area contributed by atoms with Crippen molar-refractivity contribution < 1.29 is 4.74 Å².